The van der Waals surface area contributed by atoms with E-state index in [1.54, 1.807) is 0 Å². The number of hydrogen-bond donors (Lipinski definition) is 0. The highest BCUT2D eigenvalue weighted by Crippen LogP contribution is 2.33. The first-order valence-electron chi connectivity index (χ1n) is 4.51. The molecule has 1 aromatic heterocycles. The normalized spacial score (nSPS) is 12.9. The zero-order valence-corrected chi connectivity index (χ0v) is 13.0. The van der Waals surface area contributed by atoms with E-state index in [0.29, 0.717) is 3.26 Å². The van der Waals surface area contributed by atoms with Crippen LogP contribution in [0.2, 0.25) is 0 Å². The van der Waals surface area contributed by atoms with Crippen LogP contribution >= 0.6 is 56.9 Å². The molecule has 0 N–H and O–H groups in total. The second kappa shape index (κ2) is 5.67. The summed E-state index contributed by atoms with van der Waals surface area (Å²) in [4.78, 5) is 5.72. The van der Waals surface area contributed by atoms with Gasteiger partial charge in [0.25, 0.3) is 0 Å². The summed E-state index contributed by atoms with van der Waals surface area (Å²) in [6.07, 6.45) is 1.86. The monoisotopic (exact) mass is 441 g/mol. The Labute approximate surface area is 121 Å². The molecule has 0 saturated heterocycles. The molecule has 15 heavy (non-hydrogen) atoms. The molecule has 0 radical (unpaired) electrons. The predicted octanol–water partition coefficient (Wildman–Crippen LogP) is 4.52. The van der Waals surface area contributed by atoms with E-state index in [-0.39, 0.29) is 0 Å². The largest absolute Gasteiger partial charge is 0.255 e. The molecule has 0 fully saturated rings. The van der Waals surface area contributed by atoms with Crippen LogP contribution in [0.25, 0.3) is 10.9 Å². The van der Waals surface area contributed by atoms with Gasteiger partial charge in [0.15, 0.2) is 0 Å². The van der Waals surface area contributed by atoms with E-state index < -0.39 is 0 Å². The molecule has 0 saturated carbocycles. The van der Waals surface area contributed by atoms with Crippen LogP contribution in [0.1, 0.15) is 0 Å². The molecule has 0 bridgehead atoms. The molecular formula is C11H9I2NS. The van der Waals surface area contributed by atoms with Gasteiger partial charge >= 0.3 is 0 Å². The van der Waals surface area contributed by atoms with Crippen molar-refractivity contribution in [3.8, 4) is 0 Å². The molecule has 2 rings (SSSR count). The molecular weight excluding hydrogens is 432 g/mol. The van der Waals surface area contributed by atoms with E-state index in [2.05, 4.69) is 74.4 Å². The van der Waals surface area contributed by atoms with E-state index in [9.17, 15) is 0 Å². The molecule has 1 heterocycles. The average molecular weight is 441 g/mol. The van der Waals surface area contributed by atoms with Crippen LogP contribution in [-0.2, 0) is 0 Å². The summed E-state index contributed by atoms with van der Waals surface area (Å²) >= 11 is 6.77. The zero-order valence-electron chi connectivity index (χ0n) is 7.86. The number of para-hydroxylation sites is 1. The summed E-state index contributed by atoms with van der Waals surface area (Å²) in [6, 6.07) is 10.5. The van der Waals surface area contributed by atoms with Crippen molar-refractivity contribution in [2.75, 3.05) is 4.43 Å². The molecule has 78 valence electrons. The van der Waals surface area contributed by atoms with Gasteiger partial charge in [0.05, 0.1) is 8.77 Å². The second-order valence-electron chi connectivity index (χ2n) is 3.01. The number of thioether (sulfide) groups is 1. The number of rotatable bonds is 3. The number of hydrogen-bond acceptors (Lipinski definition) is 2. The molecule has 1 nitrogen and oxygen atoms in total. The van der Waals surface area contributed by atoms with Crippen LogP contribution in [-0.4, -0.2) is 12.7 Å². The Morgan fingerprint density at radius 3 is 2.87 bits per heavy atom. The number of halogens is 2. The number of benzene rings is 1. The minimum Gasteiger partial charge on any atom is -0.255 e. The molecule has 4 heteroatoms. The highest BCUT2D eigenvalue weighted by Gasteiger charge is 2.07. The SMILES string of the molecule is IC[C@H](I)Sc1cccc2cccnc12. The summed E-state index contributed by atoms with van der Waals surface area (Å²) in [5.41, 5.74) is 1.12. The van der Waals surface area contributed by atoms with Gasteiger partial charge in [0.2, 0.25) is 0 Å². The van der Waals surface area contributed by atoms with Gasteiger partial charge in [-0.05, 0) is 12.1 Å². The summed E-state index contributed by atoms with van der Waals surface area (Å²) in [7, 11) is 0. The Bertz CT molecular complexity index is 456. The van der Waals surface area contributed by atoms with Crippen LogP contribution < -0.4 is 0 Å². The van der Waals surface area contributed by atoms with Crippen LogP contribution in [0.4, 0.5) is 0 Å². The molecule has 1 aromatic carbocycles. The topological polar surface area (TPSA) is 12.9 Å². The van der Waals surface area contributed by atoms with Crippen molar-refractivity contribution in [1.29, 1.82) is 0 Å². The van der Waals surface area contributed by atoms with Gasteiger partial charge < -0.3 is 0 Å². The third kappa shape index (κ3) is 2.97. The number of alkyl halides is 2. The van der Waals surface area contributed by atoms with Crippen molar-refractivity contribution in [3.63, 3.8) is 0 Å². The molecule has 0 amide bonds. The van der Waals surface area contributed by atoms with E-state index in [0.717, 1.165) is 9.94 Å². The Morgan fingerprint density at radius 2 is 2.07 bits per heavy atom. The van der Waals surface area contributed by atoms with E-state index in [4.69, 9.17) is 0 Å². The van der Waals surface area contributed by atoms with Gasteiger partial charge in [-0.1, -0.05) is 63.4 Å². The predicted molar refractivity (Wildman–Crippen MR) is 84.3 cm³/mol. The lowest BCUT2D eigenvalue weighted by molar-refractivity contribution is 1.35. The van der Waals surface area contributed by atoms with Crippen molar-refractivity contribution in [2.24, 2.45) is 0 Å². The lowest BCUT2D eigenvalue weighted by Crippen LogP contribution is -1.92. The van der Waals surface area contributed by atoms with Crippen LogP contribution in [0, 0.1) is 0 Å². The lowest BCUT2D eigenvalue weighted by Gasteiger charge is -2.07. The smallest absolute Gasteiger partial charge is 0.0838 e. The minimum absolute atomic E-state index is 0.607. The first-order valence-corrected chi connectivity index (χ1v) is 8.17. The molecule has 0 spiro atoms. The van der Waals surface area contributed by atoms with Crippen molar-refractivity contribution < 1.29 is 0 Å². The Balaban J connectivity index is 2.42. The van der Waals surface area contributed by atoms with E-state index >= 15 is 0 Å². The number of nitrogens with zero attached hydrogens (tertiary/aromatic N) is 1. The standard InChI is InChI=1S/C11H9I2NS/c12-7-10(13)15-9-5-1-3-8-4-2-6-14-11(8)9/h1-6,10H,7H2/t10-/m1/s1. The number of fused-ring (bicyclic) bond motifs is 1. The highest BCUT2D eigenvalue weighted by molar-refractivity contribution is 14.1. The summed E-state index contributed by atoms with van der Waals surface area (Å²) in [5.74, 6) is 0. The molecule has 0 aliphatic rings. The maximum absolute atomic E-state index is 4.44. The van der Waals surface area contributed by atoms with Crippen molar-refractivity contribution in [3.05, 3.63) is 36.5 Å². The van der Waals surface area contributed by atoms with Crippen molar-refractivity contribution in [2.45, 2.75) is 8.15 Å². The van der Waals surface area contributed by atoms with Crippen molar-refractivity contribution >= 4 is 67.8 Å². The third-order valence-electron chi connectivity index (χ3n) is 1.97. The van der Waals surface area contributed by atoms with Gasteiger partial charge in [0, 0.05) is 20.9 Å². The van der Waals surface area contributed by atoms with Crippen LogP contribution in [0.5, 0.6) is 0 Å². The Morgan fingerprint density at radius 1 is 1.27 bits per heavy atom. The van der Waals surface area contributed by atoms with Gasteiger partial charge in [-0.2, -0.15) is 0 Å². The molecule has 0 aliphatic carbocycles. The quantitative estimate of drug-likeness (QED) is 0.395. The molecule has 0 unspecified atom stereocenters. The number of aromatic nitrogens is 1. The fourth-order valence-electron chi connectivity index (χ4n) is 1.34. The molecule has 0 aliphatic heterocycles. The Hall–Kier alpha value is 0.440. The second-order valence-corrected chi connectivity index (χ2v) is 7.49. The minimum atomic E-state index is 0.607. The highest BCUT2D eigenvalue weighted by atomic mass is 127. The average Bonchev–Trinajstić information content (AvgIpc) is 2.29. The van der Waals surface area contributed by atoms with Gasteiger partial charge in [-0.3, -0.25) is 4.98 Å². The van der Waals surface area contributed by atoms with Crippen LogP contribution in [0.15, 0.2) is 41.4 Å². The van der Waals surface area contributed by atoms with E-state index in [1.807, 2.05) is 24.0 Å². The first-order chi connectivity index (χ1) is 7.31. The zero-order chi connectivity index (χ0) is 10.7. The summed E-state index contributed by atoms with van der Waals surface area (Å²) < 4.78 is 1.75. The van der Waals surface area contributed by atoms with Gasteiger partial charge in [-0.15, -0.1) is 11.8 Å². The number of pyridine rings is 1. The fourth-order valence-corrected chi connectivity index (χ4v) is 3.48. The summed E-state index contributed by atoms with van der Waals surface area (Å²) in [5, 5.41) is 1.22. The fraction of sp³-hybridized carbons (Fsp3) is 0.182. The molecule has 1 atom stereocenters. The van der Waals surface area contributed by atoms with Crippen molar-refractivity contribution in [1.82, 2.24) is 4.98 Å². The lowest BCUT2D eigenvalue weighted by atomic mass is 10.2. The Kier molecular flexibility index (Phi) is 4.51. The van der Waals surface area contributed by atoms with Gasteiger partial charge in [-0.25, -0.2) is 0 Å². The first kappa shape index (κ1) is 11.9. The maximum atomic E-state index is 4.44. The molecule has 2 aromatic rings. The third-order valence-corrected chi connectivity index (χ3v) is 7.34. The maximum Gasteiger partial charge on any atom is 0.0838 e. The van der Waals surface area contributed by atoms with E-state index in [1.165, 1.54) is 10.3 Å². The van der Waals surface area contributed by atoms with Gasteiger partial charge in [0.1, 0.15) is 0 Å². The van der Waals surface area contributed by atoms with Crippen LogP contribution in [0.3, 0.4) is 0 Å². The summed E-state index contributed by atoms with van der Waals surface area (Å²) in [6.45, 7) is 0.